The van der Waals surface area contributed by atoms with Gasteiger partial charge in [-0.05, 0) is 25.0 Å². The summed E-state index contributed by atoms with van der Waals surface area (Å²) in [5.74, 6) is 0.132. The summed E-state index contributed by atoms with van der Waals surface area (Å²) in [6, 6.07) is 5.39. The van der Waals surface area contributed by atoms with Gasteiger partial charge in [-0.25, -0.2) is 0 Å². The number of aliphatic carboxylic acids is 1. The Morgan fingerprint density at radius 3 is 2.42 bits per heavy atom. The van der Waals surface area contributed by atoms with E-state index in [1.165, 1.54) is 0 Å². The van der Waals surface area contributed by atoms with Crippen LogP contribution < -0.4 is 19.7 Å². The number of nitrogens with zero attached hydrogens (tertiary/aromatic N) is 1. The molecule has 0 aliphatic carbocycles. The Morgan fingerprint density at radius 2 is 1.68 bits per heavy atom. The van der Waals surface area contributed by atoms with Crippen molar-refractivity contribution in [1.82, 2.24) is 5.32 Å². The first-order chi connectivity index (χ1) is 15.0. The van der Waals surface area contributed by atoms with Crippen molar-refractivity contribution in [2.75, 3.05) is 24.8 Å². The number of amides is 2. The largest absolute Gasteiger partial charge is 0.481 e. The molecular weight excluding hydrogens is 400 g/mol. The molecule has 2 heterocycles. The first kappa shape index (κ1) is 22.9. The summed E-state index contributed by atoms with van der Waals surface area (Å²) >= 11 is 0. The highest BCUT2D eigenvalue weighted by Crippen LogP contribution is 2.37. The fraction of sp³-hybridized carbons (Fsp3) is 0.609. The maximum Gasteiger partial charge on any atom is 0.303 e. The minimum absolute atomic E-state index is 0.0534. The average molecular weight is 433 g/mol. The highest BCUT2D eigenvalue weighted by Gasteiger charge is 2.35. The number of fused-ring (bicyclic) bond motifs is 1. The van der Waals surface area contributed by atoms with Crippen molar-refractivity contribution < 1.29 is 29.0 Å². The zero-order valence-corrected chi connectivity index (χ0v) is 17.9. The summed E-state index contributed by atoms with van der Waals surface area (Å²) in [7, 11) is 0. The van der Waals surface area contributed by atoms with Crippen LogP contribution in [-0.4, -0.2) is 42.8 Å². The number of hydrogen-bond donors (Lipinski definition) is 2. The molecule has 1 aromatic carbocycles. The van der Waals surface area contributed by atoms with Crippen molar-refractivity contribution >= 4 is 23.5 Å². The molecule has 1 saturated heterocycles. The Labute approximate surface area is 182 Å². The number of anilines is 1. The number of hydrogen-bond acceptors (Lipinski definition) is 5. The van der Waals surface area contributed by atoms with Crippen molar-refractivity contribution in [3.05, 3.63) is 18.2 Å². The second-order valence-corrected chi connectivity index (χ2v) is 8.21. The molecule has 0 spiro atoms. The number of ether oxygens (including phenoxy) is 2. The van der Waals surface area contributed by atoms with Crippen LogP contribution in [0.3, 0.4) is 0 Å². The number of carbonyl (C=O) groups excluding carboxylic acids is 2. The summed E-state index contributed by atoms with van der Waals surface area (Å²) < 4.78 is 10.7. The Bertz CT molecular complexity index is 781. The van der Waals surface area contributed by atoms with Crippen LogP contribution in [0.4, 0.5) is 5.69 Å². The highest BCUT2D eigenvalue weighted by molar-refractivity contribution is 6.00. The molecule has 8 nitrogen and oxygen atoms in total. The van der Waals surface area contributed by atoms with E-state index < -0.39 is 5.97 Å². The molecule has 2 amide bonds. The fourth-order valence-electron chi connectivity index (χ4n) is 4.00. The van der Waals surface area contributed by atoms with Gasteiger partial charge in [0.2, 0.25) is 18.6 Å². The molecule has 2 aliphatic heterocycles. The van der Waals surface area contributed by atoms with Gasteiger partial charge in [-0.2, -0.15) is 0 Å². The van der Waals surface area contributed by atoms with E-state index in [2.05, 4.69) is 5.32 Å². The second kappa shape index (κ2) is 11.6. The molecule has 8 heteroatoms. The van der Waals surface area contributed by atoms with Gasteiger partial charge in [0.05, 0.1) is 5.92 Å². The van der Waals surface area contributed by atoms with Crippen LogP contribution in [0.2, 0.25) is 0 Å². The van der Waals surface area contributed by atoms with E-state index in [9.17, 15) is 14.4 Å². The van der Waals surface area contributed by atoms with E-state index in [4.69, 9.17) is 14.6 Å². The second-order valence-electron chi connectivity index (χ2n) is 8.21. The molecule has 0 saturated carbocycles. The maximum atomic E-state index is 12.5. The van der Waals surface area contributed by atoms with Gasteiger partial charge in [0, 0.05) is 37.7 Å². The zero-order chi connectivity index (χ0) is 22.1. The number of benzene rings is 1. The third-order valence-electron chi connectivity index (χ3n) is 5.78. The molecule has 1 aromatic rings. The third kappa shape index (κ3) is 6.87. The van der Waals surface area contributed by atoms with E-state index in [1.54, 1.807) is 17.0 Å². The van der Waals surface area contributed by atoms with Crippen LogP contribution in [-0.2, 0) is 14.4 Å². The fourth-order valence-corrected chi connectivity index (χ4v) is 4.00. The average Bonchev–Trinajstić information content (AvgIpc) is 3.37. The Balaban J connectivity index is 1.27. The summed E-state index contributed by atoms with van der Waals surface area (Å²) in [5, 5.41) is 11.6. The molecule has 3 rings (SSSR count). The lowest BCUT2D eigenvalue weighted by Gasteiger charge is -2.17. The van der Waals surface area contributed by atoms with Crippen LogP contribution in [0.15, 0.2) is 18.2 Å². The number of carboxylic acid groups (broad SMARTS) is 1. The molecule has 0 aromatic heterocycles. The van der Waals surface area contributed by atoms with Crippen molar-refractivity contribution in [3.8, 4) is 11.5 Å². The molecule has 1 fully saturated rings. The zero-order valence-electron chi connectivity index (χ0n) is 17.9. The van der Waals surface area contributed by atoms with Crippen LogP contribution in [0.1, 0.15) is 64.2 Å². The van der Waals surface area contributed by atoms with Gasteiger partial charge in [0.1, 0.15) is 0 Å². The van der Waals surface area contributed by atoms with Crippen LogP contribution in [0.5, 0.6) is 11.5 Å². The van der Waals surface area contributed by atoms with Crippen molar-refractivity contribution in [3.63, 3.8) is 0 Å². The Kier molecular flexibility index (Phi) is 8.55. The van der Waals surface area contributed by atoms with E-state index >= 15 is 0 Å². The lowest BCUT2D eigenvalue weighted by Crippen LogP contribution is -2.33. The summed E-state index contributed by atoms with van der Waals surface area (Å²) in [6.45, 7) is 1.20. The van der Waals surface area contributed by atoms with Crippen molar-refractivity contribution in [2.45, 2.75) is 64.2 Å². The summed E-state index contributed by atoms with van der Waals surface area (Å²) in [6.07, 6.45) is 8.69. The standard InChI is InChI=1S/C23H32N2O6/c26-21-13-17(15-25(21)18-10-11-19-20(14-18)31-16-30-19)23(29)24-12-8-6-4-2-1-3-5-7-9-22(27)28/h10-11,14,17H,1-9,12-13,15-16H2,(H,24,29)(H,27,28). The topological polar surface area (TPSA) is 105 Å². The van der Waals surface area contributed by atoms with Crippen molar-refractivity contribution in [2.24, 2.45) is 5.92 Å². The lowest BCUT2D eigenvalue weighted by molar-refractivity contribution is -0.137. The van der Waals surface area contributed by atoms with Gasteiger partial charge in [-0.3, -0.25) is 14.4 Å². The maximum absolute atomic E-state index is 12.5. The number of nitrogens with one attached hydrogen (secondary N) is 1. The molecule has 2 aliphatic rings. The van der Waals surface area contributed by atoms with Gasteiger partial charge < -0.3 is 24.8 Å². The Hall–Kier alpha value is -2.77. The van der Waals surface area contributed by atoms with E-state index in [-0.39, 0.29) is 37.4 Å². The third-order valence-corrected chi connectivity index (χ3v) is 5.78. The van der Waals surface area contributed by atoms with Gasteiger partial charge in [-0.15, -0.1) is 0 Å². The molecular formula is C23H32N2O6. The molecule has 170 valence electrons. The van der Waals surface area contributed by atoms with Gasteiger partial charge in [0.25, 0.3) is 0 Å². The molecule has 0 radical (unpaired) electrons. The first-order valence-electron chi connectivity index (χ1n) is 11.2. The lowest BCUT2D eigenvalue weighted by atomic mass is 10.1. The minimum atomic E-state index is -0.718. The summed E-state index contributed by atoms with van der Waals surface area (Å²) in [4.78, 5) is 37.0. The molecule has 1 atom stereocenters. The number of carbonyl (C=O) groups is 3. The SMILES string of the molecule is O=C(O)CCCCCCCCCCNC(=O)C1CC(=O)N(c2ccc3c(c2)OCO3)C1. The first-order valence-corrected chi connectivity index (χ1v) is 11.2. The highest BCUT2D eigenvalue weighted by atomic mass is 16.7. The smallest absolute Gasteiger partial charge is 0.303 e. The van der Waals surface area contributed by atoms with Crippen LogP contribution in [0.25, 0.3) is 0 Å². The number of unbranched alkanes of at least 4 members (excludes halogenated alkanes) is 7. The normalized spacial score (nSPS) is 17.2. The van der Waals surface area contributed by atoms with Gasteiger partial charge in [0.15, 0.2) is 11.5 Å². The van der Waals surface area contributed by atoms with E-state index in [0.717, 1.165) is 57.1 Å². The quantitative estimate of drug-likeness (QED) is 0.463. The number of rotatable bonds is 13. The predicted molar refractivity (Wildman–Crippen MR) is 115 cm³/mol. The molecule has 1 unspecified atom stereocenters. The minimum Gasteiger partial charge on any atom is -0.481 e. The van der Waals surface area contributed by atoms with Crippen LogP contribution >= 0.6 is 0 Å². The molecule has 2 N–H and O–H groups in total. The van der Waals surface area contributed by atoms with Crippen molar-refractivity contribution in [1.29, 1.82) is 0 Å². The predicted octanol–water partition coefficient (Wildman–Crippen LogP) is 3.48. The molecule has 31 heavy (non-hydrogen) atoms. The van der Waals surface area contributed by atoms with Gasteiger partial charge >= 0.3 is 5.97 Å². The molecule has 0 bridgehead atoms. The monoisotopic (exact) mass is 432 g/mol. The summed E-state index contributed by atoms with van der Waals surface area (Å²) in [5.41, 5.74) is 0.729. The van der Waals surface area contributed by atoms with Crippen LogP contribution in [0, 0.1) is 5.92 Å². The van der Waals surface area contributed by atoms with E-state index in [1.807, 2.05) is 6.07 Å². The van der Waals surface area contributed by atoms with Gasteiger partial charge in [-0.1, -0.05) is 38.5 Å². The van der Waals surface area contributed by atoms with E-state index in [0.29, 0.717) is 24.6 Å². The number of carboxylic acids is 1. The Morgan fingerprint density at radius 1 is 1.00 bits per heavy atom.